The lowest BCUT2D eigenvalue weighted by atomic mass is 9.99. The number of Topliss-reactive ketones (excluding diaryl/α,β-unsaturated/α-hetero) is 1. The van der Waals surface area contributed by atoms with E-state index in [0.29, 0.717) is 36.7 Å². The van der Waals surface area contributed by atoms with Crippen molar-refractivity contribution in [1.29, 1.82) is 0 Å². The Bertz CT molecular complexity index is 1340. The molecule has 7 heteroatoms. The van der Waals surface area contributed by atoms with E-state index in [1.165, 1.54) is 7.11 Å². The van der Waals surface area contributed by atoms with Crippen LogP contribution in [0, 0.1) is 6.92 Å². The van der Waals surface area contributed by atoms with Crippen LogP contribution in [0.4, 0.5) is 0 Å². The molecule has 178 valence electrons. The first-order valence-corrected chi connectivity index (χ1v) is 11.2. The summed E-state index contributed by atoms with van der Waals surface area (Å²) in [6, 6.07) is 16.6. The van der Waals surface area contributed by atoms with Gasteiger partial charge in [0.25, 0.3) is 0 Å². The van der Waals surface area contributed by atoms with E-state index in [4.69, 9.17) is 18.9 Å². The van der Waals surface area contributed by atoms with Crippen molar-refractivity contribution in [3.63, 3.8) is 0 Å². The number of allylic oxidation sites excluding steroid dienone is 1. The number of para-hydroxylation sites is 1. The number of ether oxygens (including phenoxy) is 4. The van der Waals surface area contributed by atoms with E-state index in [1.54, 1.807) is 37.5 Å². The zero-order valence-electron chi connectivity index (χ0n) is 19.8. The van der Waals surface area contributed by atoms with Gasteiger partial charge in [-0.25, -0.2) is 4.79 Å². The molecule has 0 saturated heterocycles. The quantitative estimate of drug-likeness (QED) is 0.392. The fourth-order valence-electron chi connectivity index (χ4n) is 4.46. The molecular formula is C28H25NO6. The molecule has 0 radical (unpaired) electrons. The summed E-state index contributed by atoms with van der Waals surface area (Å²) in [5.74, 6) is 1.78. The van der Waals surface area contributed by atoms with Crippen molar-refractivity contribution in [2.45, 2.75) is 20.0 Å². The first kappa shape index (κ1) is 22.7. The van der Waals surface area contributed by atoms with Crippen molar-refractivity contribution in [3.8, 4) is 17.2 Å². The Balaban J connectivity index is 1.38. The number of fused-ring (bicyclic) bond motifs is 2. The standard InChI is InChI=1S/C28H25NO6/c1-17-26-21(15-29(16-34-26)14-20-6-4-5-7-23(20)32-2)13-22-25(30)24(35-27(17)22)12-18-8-10-19(11-9-18)28(31)33-3/h4-13H,14-16H2,1-3H3/b24-12-. The second kappa shape index (κ2) is 9.27. The van der Waals surface area contributed by atoms with Gasteiger partial charge in [0.1, 0.15) is 24.0 Å². The average molecular weight is 472 g/mol. The van der Waals surface area contributed by atoms with Crippen molar-refractivity contribution < 1.29 is 28.5 Å². The van der Waals surface area contributed by atoms with Gasteiger partial charge in [0, 0.05) is 29.8 Å². The largest absolute Gasteiger partial charge is 0.496 e. The van der Waals surface area contributed by atoms with Gasteiger partial charge in [-0.2, -0.15) is 0 Å². The van der Waals surface area contributed by atoms with E-state index >= 15 is 0 Å². The Morgan fingerprint density at radius 3 is 2.60 bits per heavy atom. The molecule has 7 nitrogen and oxygen atoms in total. The van der Waals surface area contributed by atoms with Gasteiger partial charge in [-0.1, -0.05) is 30.3 Å². The van der Waals surface area contributed by atoms with Crippen molar-refractivity contribution in [3.05, 3.63) is 93.7 Å². The maximum Gasteiger partial charge on any atom is 0.337 e. The Hall–Kier alpha value is -4.10. The highest BCUT2D eigenvalue weighted by Crippen LogP contribution is 2.43. The average Bonchev–Trinajstić information content (AvgIpc) is 3.19. The van der Waals surface area contributed by atoms with Crippen molar-refractivity contribution in [2.75, 3.05) is 21.0 Å². The molecule has 2 aliphatic rings. The minimum Gasteiger partial charge on any atom is -0.496 e. The van der Waals surface area contributed by atoms with Crippen LogP contribution in [0.15, 0.2) is 60.4 Å². The van der Waals surface area contributed by atoms with Crippen molar-refractivity contribution in [1.82, 2.24) is 4.90 Å². The number of hydrogen-bond acceptors (Lipinski definition) is 7. The molecule has 0 fully saturated rings. The lowest BCUT2D eigenvalue weighted by Crippen LogP contribution is -2.32. The highest BCUT2D eigenvalue weighted by atomic mass is 16.5. The van der Waals surface area contributed by atoms with Crippen LogP contribution in [0.25, 0.3) is 6.08 Å². The van der Waals surface area contributed by atoms with Crippen LogP contribution in [0.2, 0.25) is 0 Å². The van der Waals surface area contributed by atoms with E-state index in [-0.39, 0.29) is 11.5 Å². The summed E-state index contributed by atoms with van der Waals surface area (Å²) < 4.78 is 22.3. The highest BCUT2D eigenvalue weighted by Gasteiger charge is 2.33. The second-order valence-electron chi connectivity index (χ2n) is 8.49. The van der Waals surface area contributed by atoms with Crippen LogP contribution in [0.5, 0.6) is 17.2 Å². The molecule has 0 bridgehead atoms. The van der Waals surface area contributed by atoms with Gasteiger partial charge >= 0.3 is 5.97 Å². The number of rotatable bonds is 5. The lowest BCUT2D eigenvalue weighted by molar-refractivity contribution is 0.0600. The number of benzene rings is 3. The van der Waals surface area contributed by atoms with E-state index in [9.17, 15) is 9.59 Å². The summed E-state index contributed by atoms with van der Waals surface area (Å²) in [5.41, 5.74) is 4.55. The minimum absolute atomic E-state index is 0.176. The number of ketones is 1. The van der Waals surface area contributed by atoms with E-state index in [2.05, 4.69) is 4.90 Å². The SMILES string of the molecule is COC(=O)c1ccc(/C=C2\Oc3c(cc4c(c3C)OCN(Cc3ccccc3OC)C4)C2=O)cc1. The number of carbonyl (C=O) groups excluding carboxylic acids is 2. The Labute approximate surface area is 203 Å². The van der Waals surface area contributed by atoms with Crippen LogP contribution in [-0.2, 0) is 17.8 Å². The second-order valence-corrected chi connectivity index (χ2v) is 8.49. The topological polar surface area (TPSA) is 74.3 Å². The van der Waals surface area contributed by atoms with Crippen LogP contribution < -0.4 is 14.2 Å². The molecule has 2 aliphatic heterocycles. The molecule has 0 aliphatic carbocycles. The molecule has 35 heavy (non-hydrogen) atoms. The summed E-state index contributed by atoms with van der Waals surface area (Å²) >= 11 is 0. The van der Waals surface area contributed by atoms with Crippen molar-refractivity contribution >= 4 is 17.8 Å². The molecule has 0 unspecified atom stereocenters. The number of carbonyl (C=O) groups is 2. The van der Waals surface area contributed by atoms with Gasteiger partial charge in [-0.15, -0.1) is 0 Å². The molecule has 2 heterocycles. The van der Waals surface area contributed by atoms with E-state index in [1.807, 2.05) is 37.3 Å². The molecule has 3 aromatic carbocycles. The van der Waals surface area contributed by atoms with Gasteiger partial charge in [0.2, 0.25) is 5.78 Å². The fourth-order valence-corrected chi connectivity index (χ4v) is 4.46. The van der Waals surface area contributed by atoms with E-state index < -0.39 is 5.97 Å². The van der Waals surface area contributed by atoms with Crippen molar-refractivity contribution in [2.24, 2.45) is 0 Å². The number of nitrogens with zero attached hydrogens (tertiary/aromatic N) is 1. The van der Waals surface area contributed by atoms with Crippen LogP contribution >= 0.6 is 0 Å². The predicted molar refractivity (Wildman–Crippen MR) is 130 cm³/mol. The monoisotopic (exact) mass is 471 g/mol. The minimum atomic E-state index is -0.411. The summed E-state index contributed by atoms with van der Waals surface area (Å²) in [6.07, 6.45) is 1.68. The number of esters is 1. The van der Waals surface area contributed by atoms with Crippen LogP contribution in [0.1, 0.15) is 43.0 Å². The molecular weight excluding hydrogens is 446 g/mol. The third kappa shape index (κ3) is 4.26. The predicted octanol–water partition coefficient (Wildman–Crippen LogP) is 4.76. The summed E-state index contributed by atoms with van der Waals surface area (Å²) in [5, 5.41) is 0. The summed E-state index contributed by atoms with van der Waals surface area (Å²) in [7, 11) is 3.00. The Morgan fingerprint density at radius 2 is 1.86 bits per heavy atom. The third-order valence-electron chi connectivity index (χ3n) is 6.22. The maximum atomic E-state index is 13.2. The first-order valence-electron chi connectivity index (χ1n) is 11.2. The Kier molecular flexibility index (Phi) is 6.01. The fraction of sp³-hybridized carbons (Fsp3) is 0.214. The number of hydrogen-bond donors (Lipinski definition) is 0. The van der Waals surface area contributed by atoms with Gasteiger partial charge < -0.3 is 18.9 Å². The van der Waals surface area contributed by atoms with Gasteiger partial charge in [0.15, 0.2) is 5.76 Å². The summed E-state index contributed by atoms with van der Waals surface area (Å²) in [6.45, 7) is 3.64. The summed E-state index contributed by atoms with van der Waals surface area (Å²) in [4.78, 5) is 27.0. The first-order chi connectivity index (χ1) is 17.0. The van der Waals surface area contributed by atoms with Crippen LogP contribution in [0.3, 0.4) is 0 Å². The molecule has 5 rings (SSSR count). The molecule has 0 saturated carbocycles. The highest BCUT2D eigenvalue weighted by molar-refractivity contribution is 6.15. The molecule has 0 atom stereocenters. The smallest absolute Gasteiger partial charge is 0.337 e. The van der Waals surface area contributed by atoms with Gasteiger partial charge in [-0.05, 0) is 42.8 Å². The Morgan fingerprint density at radius 1 is 1.09 bits per heavy atom. The van der Waals surface area contributed by atoms with E-state index in [0.717, 1.165) is 33.8 Å². The molecule has 0 spiro atoms. The maximum absolute atomic E-state index is 13.2. The molecule has 0 N–H and O–H groups in total. The van der Waals surface area contributed by atoms with Gasteiger partial charge in [-0.3, -0.25) is 9.69 Å². The zero-order chi connectivity index (χ0) is 24.5. The lowest BCUT2D eigenvalue weighted by Gasteiger charge is -2.30. The molecule has 0 amide bonds. The number of methoxy groups -OCH3 is 2. The zero-order valence-corrected chi connectivity index (χ0v) is 19.8. The molecule has 0 aromatic heterocycles. The van der Waals surface area contributed by atoms with Crippen LogP contribution in [-0.4, -0.2) is 37.6 Å². The van der Waals surface area contributed by atoms with Gasteiger partial charge in [0.05, 0.1) is 25.3 Å². The normalized spacial score (nSPS) is 15.7. The third-order valence-corrected chi connectivity index (χ3v) is 6.22. The molecule has 3 aromatic rings.